The summed E-state index contributed by atoms with van der Waals surface area (Å²) in [4.78, 5) is 1.49. The van der Waals surface area contributed by atoms with Crippen LogP contribution in [0, 0.1) is 0 Å². The third-order valence-electron chi connectivity index (χ3n) is 3.39. The second-order valence-corrected chi connectivity index (χ2v) is 4.43. The van der Waals surface area contributed by atoms with E-state index in [9.17, 15) is 13.2 Å². The average molecular weight is 229 g/mol. The largest absolute Gasteiger partial charge is 0.406 e. The van der Waals surface area contributed by atoms with Crippen molar-refractivity contribution < 1.29 is 13.2 Å². The number of hydrogen-bond acceptors (Lipinski definition) is 1. The van der Waals surface area contributed by atoms with Gasteiger partial charge >= 0.3 is 6.18 Å². The molecular weight excluding hydrogens is 215 g/mol. The van der Waals surface area contributed by atoms with E-state index in [1.807, 2.05) is 30.3 Å². The molecule has 1 atom stereocenters. The zero-order valence-corrected chi connectivity index (χ0v) is 9.09. The highest BCUT2D eigenvalue weighted by molar-refractivity contribution is 5.16. The molecule has 0 N–H and O–H groups in total. The molecule has 0 amide bonds. The summed E-state index contributed by atoms with van der Waals surface area (Å²) < 4.78 is 38.4. The number of hydrogen-bond donors (Lipinski definition) is 0. The molecule has 4 heteroatoms. The van der Waals surface area contributed by atoms with E-state index < -0.39 is 11.7 Å². The maximum atomic E-state index is 12.8. The van der Waals surface area contributed by atoms with Crippen molar-refractivity contribution in [3.63, 3.8) is 0 Å². The average Bonchev–Trinajstić information content (AvgIpc) is 2.23. The van der Waals surface area contributed by atoms with Crippen LogP contribution in [-0.4, -0.2) is 23.2 Å². The lowest BCUT2D eigenvalue weighted by Crippen LogP contribution is -2.65. The first-order valence-electron chi connectivity index (χ1n) is 5.29. The van der Waals surface area contributed by atoms with E-state index in [2.05, 4.69) is 0 Å². The molecule has 1 aliphatic heterocycles. The van der Waals surface area contributed by atoms with Gasteiger partial charge in [-0.15, -0.1) is 0 Å². The number of rotatable bonds is 2. The summed E-state index contributed by atoms with van der Waals surface area (Å²) in [6.07, 6.45) is -3.94. The van der Waals surface area contributed by atoms with Gasteiger partial charge in [0.05, 0.1) is 0 Å². The zero-order chi connectivity index (χ0) is 11.8. The van der Waals surface area contributed by atoms with E-state index in [0.29, 0.717) is 13.1 Å². The summed E-state index contributed by atoms with van der Waals surface area (Å²) in [5.74, 6) is 0. The Balaban J connectivity index is 2.08. The van der Waals surface area contributed by atoms with Crippen LogP contribution in [0.1, 0.15) is 18.9 Å². The minimum Gasteiger partial charge on any atom is -0.286 e. The van der Waals surface area contributed by atoms with Crippen LogP contribution in [0.15, 0.2) is 30.3 Å². The number of likely N-dealkylation sites (tertiary alicyclic amines) is 1. The smallest absolute Gasteiger partial charge is 0.286 e. The highest BCUT2D eigenvalue weighted by atomic mass is 19.4. The van der Waals surface area contributed by atoms with Gasteiger partial charge in [0, 0.05) is 13.1 Å². The lowest BCUT2D eigenvalue weighted by Gasteiger charge is -2.51. The van der Waals surface area contributed by atoms with Crippen molar-refractivity contribution in [1.29, 1.82) is 0 Å². The molecule has 16 heavy (non-hydrogen) atoms. The van der Waals surface area contributed by atoms with Crippen molar-refractivity contribution in [2.45, 2.75) is 31.6 Å². The first kappa shape index (κ1) is 11.5. The Morgan fingerprint density at radius 3 is 2.31 bits per heavy atom. The van der Waals surface area contributed by atoms with E-state index in [4.69, 9.17) is 0 Å². The van der Waals surface area contributed by atoms with Crippen molar-refractivity contribution in [3.8, 4) is 0 Å². The quantitative estimate of drug-likeness (QED) is 0.752. The zero-order valence-electron chi connectivity index (χ0n) is 9.09. The summed E-state index contributed by atoms with van der Waals surface area (Å²) >= 11 is 0. The predicted octanol–water partition coefficient (Wildman–Crippen LogP) is 3.21. The maximum Gasteiger partial charge on any atom is 0.406 e. The molecular formula is C12H14F3N. The molecule has 2 rings (SSSR count). The van der Waals surface area contributed by atoms with E-state index in [1.165, 1.54) is 11.8 Å². The van der Waals surface area contributed by atoms with Crippen molar-refractivity contribution in [1.82, 2.24) is 4.90 Å². The van der Waals surface area contributed by atoms with Crippen molar-refractivity contribution in [2.75, 3.05) is 6.54 Å². The summed E-state index contributed by atoms with van der Waals surface area (Å²) in [6, 6.07) is 9.27. The fourth-order valence-corrected chi connectivity index (χ4v) is 1.98. The summed E-state index contributed by atoms with van der Waals surface area (Å²) in [5.41, 5.74) is -0.708. The fraction of sp³-hybridized carbons (Fsp3) is 0.500. The lowest BCUT2D eigenvalue weighted by molar-refractivity contribution is -0.261. The van der Waals surface area contributed by atoms with E-state index in [-0.39, 0.29) is 6.42 Å². The van der Waals surface area contributed by atoms with Crippen LogP contribution in [0.3, 0.4) is 0 Å². The van der Waals surface area contributed by atoms with E-state index >= 15 is 0 Å². The maximum absolute atomic E-state index is 12.8. The Bertz CT molecular complexity index is 360. The van der Waals surface area contributed by atoms with Gasteiger partial charge in [0.25, 0.3) is 0 Å². The van der Waals surface area contributed by atoms with Crippen LogP contribution in [0.25, 0.3) is 0 Å². The van der Waals surface area contributed by atoms with Gasteiger partial charge in [-0.25, -0.2) is 0 Å². The third-order valence-corrected chi connectivity index (χ3v) is 3.39. The molecule has 1 unspecified atom stereocenters. The number of alkyl halides is 3. The molecule has 1 saturated heterocycles. The minimum atomic E-state index is -4.14. The molecule has 0 spiro atoms. The predicted molar refractivity (Wildman–Crippen MR) is 55.9 cm³/mol. The van der Waals surface area contributed by atoms with Gasteiger partial charge < -0.3 is 0 Å². The molecule has 1 aliphatic rings. The van der Waals surface area contributed by atoms with Crippen molar-refractivity contribution >= 4 is 0 Å². The molecule has 1 aromatic carbocycles. The summed E-state index contributed by atoms with van der Waals surface area (Å²) in [6.45, 7) is 2.17. The number of benzene rings is 1. The molecule has 1 heterocycles. The van der Waals surface area contributed by atoms with E-state index in [0.717, 1.165) is 5.56 Å². The van der Waals surface area contributed by atoms with E-state index in [1.54, 1.807) is 0 Å². The topological polar surface area (TPSA) is 3.24 Å². The van der Waals surface area contributed by atoms with Crippen LogP contribution in [0.2, 0.25) is 0 Å². The van der Waals surface area contributed by atoms with Gasteiger partial charge in [-0.1, -0.05) is 30.3 Å². The molecule has 0 bridgehead atoms. The molecule has 1 aromatic rings. The highest BCUT2D eigenvalue weighted by Gasteiger charge is 2.59. The highest BCUT2D eigenvalue weighted by Crippen LogP contribution is 2.44. The van der Waals surface area contributed by atoms with Gasteiger partial charge in [0.2, 0.25) is 0 Å². The molecule has 1 fully saturated rings. The molecule has 1 nitrogen and oxygen atoms in total. The van der Waals surface area contributed by atoms with Gasteiger partial charge in [0.15, 0.2) is 0 Å². The Kier molecular flexibility index (Phi) is 2.70. The monoisotopic (exact) mass is 229 g/mol. The van der Waals surface area contributed by atoms with Gasteiger partial charge in [-0.3, -0.25) is 4.90 Å². The molecule has 0 aliphatic carbocycles. The molecule has 88 valence electrons. The second-order valence-electron chi connectivity index (χ2n) is 4.43. The van der Waals surface area contributed by atoms with Gasteiger partial charge in [-0.05, 0) is 18.9 Å². The first-order chi connectivity index (χ1) is 7.43. The van der Waals surface area contributed by atoms with Crippen LogP contribution < -0.4 is 0 Å². The summed E-state index contributed by atoms with van der Waals surface area (Å²) in [7, 11) is 0. The second kappa shape index (κ2) is 3.77. The first-order valence-corrected chi connectivity index (χ1v) is 5.29. The Morgan fingerprint density at radius 2 is 1.88 bits per heavy atom. The number of nitrogens with zero attached hydrogens (tertiary/aromatic N) is 1. The van der Waals surface area contributed by atoms with Gasteiger partial charge in [-0.2, -0.15) is 13.2 Å². The van der Waals surface area contributed by atoms with Crippen molar-refractivity contribution in [2.24, 2.45) is 0 Å². The minimum absolute atomic E-state index is 0.198. The van der Waals surface area contributed by atoms with Crippen LogP contribution >= 0.6 is 0 Å². The Labute approximate surface area is 92.9 Å². The van der Waals surface area contributed by atoms with Crippen LogP contribution in [0.4, 0.5) is 13.2 Å². The van der Waals surface area contributed by atoms with Gasteiger partial charge in [0.1, 0.15) is 5.54 Å². The SMILES string of the molecule is CC1(C(F)(F)F)CCN1Cc1ccccc1. The van der Waals surface area contributed by atoms with Crippen LogP contribution in [0.5, 0.6) is 0 Å². The molecule has 0 aromatic heterocycles. The Hall–Kier alpha value is -1.03. The number of halogens is 3. The Morgan fingerprint density at radius 1 is 1.25 bits per heavy atom. The normalized spacial score (nSPS) is 26.5. The molecule has 0 saturated carbocycles. The lowest BCUT2D eigenvalue weighted by atomic mass is 9.85. The summed E-state index contributed by atoms with van der Waals surface area (Å²) in [5, 5.41) is 0. The molecule has 0 radical (unpaired) electrons. The van der Waals surface area contributed by atoms with Crippen LogP contribution in [-0.2, 0) is 6.54 Å². The third kappa shape index (κ3) is 1.82. The fourth-order valence-electron chi connectivity index (χ4n) is 1.98. The van der Waals surface area contributed by atoms with Crippen molar-refractivity contribution in [3.05, 3.63) is 35.9 Å². The standard InChI is InChI=1S/C12H14F3N/c1-11(12(13,14)15)7-8-16(11)9-10-5-3-2-4-6-10/h2-6H,7-9H2,1H3.